The molecule has 0 unspecified atom stereocenters. The molecule has 5 nitrogen and oxygen atoms in total. The van der Waals surface area contributed by atoms with Crippen molar-refractivity contribution >= 4 is 23.8 Å². The summed E-state index contributed by atoms with van der Waals surface area (Å²) in [5, 5.41) is 6.40. The minimum Gasteiger partial charge on any atom is -0.466 e. The van der Waals surface area contributed by atoms with E-state index in [2.05, 4.69) is 10.6 Å². The van der Waals surface area contributed by atoms with Crippen LogP contribution in [0.15, 0.2) is 0 Å². The third-order valence-corrected chi connectivity index (χ3v) is 5.03. The second-order valence-corrected chi connectivity index (χ2v) is 6.36. The summed E-state index contributed by atoms with van der Waals surface area (Å²) < 4.78 is 5.04. The van der Waals surface area contributed by atoms with Crippen molar-refractivity contribution in [1.82, 2.24) is 10.6 Å². The number of urea groups is 1. The zero-order chi connectivity index (χ0) is 13.7. The van der Waals surface area contributed by atoms with Crippen LogP contribution in [-0.2, 0) is 9.53 Å². The van der Waals surface area contributed by atoms with E-state index in [1.54, 1.807) is 0 Å². The van der Waals surface area contributed by atoms with Crippen molar-refractivity contribution in [3.63, 3.8) is 0 Å². The minimum absolute atomic E-state index is 0.0385. The van der Waals surface area contributed by atoms with E-state index in [1.165, 1.54) is 0 Å². The first-order valence-electron chi connectivity index (χ1n) is 7.05. The molecule has 2 saturated heterocycles. The molecule has 2 fully saturated rings. The van der Waals surface area contributed by atoms with E-state index in [1.807, 2.05) is 18.7 Å². The normalized spacial score (nSPS) is 28.7. The van der Waals surface area contributed by atoms with Crippen LogP contribution in [0.25, 0.3) is 0 Å². The van der Waals surface area contributed by atoms with E-state index >= 15 is 0 Å². The monoisotopic (exact) mass is 286 g/mol. The molecule has 0 aliphatic carbocycles. The van der Waals surface area contributed by atoms with Crippen molar-refractivity contribution in [3.8, 4) is 0 Å². The molecular weight excluding hydrogens is 264 g/mol. The summed E-state index contributed by atoms with van der Waals surface area (Å²) in [5.74, 6) is 0.904. The number of carbonyl (C=O) groups is 2. The predicted molar refractivity (Wildman–Crippen MR) is 75.2 cm³/mol. The van der Waals surface area contributed by atoms with Crippen molar-refractivity contribution in [2.45, 2.75) is 56.4 Å². The minimum atomic E-state index is -0.0883. The van der Waals surface area contributed by atoms with Crippen molar-refractivity contribution in [2.24, 2.45) is 0 Å². The number of nitrogens with one attached hydrogen (secondary N) is 2. The van der Waals surface area contributed by atoms with Gasteiger partial charge in [-0.25, -0.2) is 4.79 Å². The quantitative estimate of drug-likeness (QED) is 0.424. The molecular formula is C13H22N2O3S. The summed E-state index contributed by atoms with van der Waals surface area (Å²) in [5.41, 5.74) is 0. The molecule has 2 aliphatic rings. The van der Waals surface area contributed by atoms with Crippen LogP contribution in [0, 0.1) is 0 Å². The summed E-state index contributed by atoms with van der Waals surface area (Å²) in [4.78, 5) is 22.6. The van der Waals surface area contributed by atoms with Crippen molar-refractivity contribution in [3.05, 3.63) is 0 Å². The van der Waals surface area contributed by atoms with Crippen molar-refractivity contribution < 1.29 is 14.3 Å². The van der Waals surface area contributed by atoms with Gasteiger partial charge in [0.1, 0.15) is 0 Å². The molecule has 2 aliphatic heterocycles. The topological polar surface area (TPSA) is 67.4 Å². The van der Waals surface area contributed by atoms with Gasteiger partial charge < -0.3 is 15.4 Å². The Kier molecular flexibility index (Phi) is 5.36. The van der Waals surface area contributed by atoms with Crippen LogP contribution in [0.3, 0.4) is 0 Å². The molecule has 0 bridgehead atoms. The van der Waals surface area contributed by atoms with Crippen LogP contribution in [0.2, 0.25) is 0 Å². The Morgan fingerprint density at radius 3 is 3.05 bits per heavy atom. The third kappa shape index (κ3) is 4.03. The molecule has 0 radical (unpaired) electrons. The molecule has 0 aromatic heterocycles. The number of hydrogen-bond acceptors (Lipinski definition) is 4. The zero-order valence-corrected chi connectivity index (χ0v) is 12.1. The lowest BCUT2D eigenvalue weighted by Gasteiger charge is -2.16. The Morgan fingerprint density at radius 2 is 2.26 bits per heavy atom. The van der Waals surface area contributed by atoms with Crippen LogP contribution in [0.4, 0.5) is 4.79 Å². The molecule has 0 aromatic rings. The number of hydrogen-bond donors (Lipinski definition) is 2. The lowest BCUT2D eigenvalue weighted by atomic mass is 10.0. The Bertz CT molecular complexity index is 338. The fourth-order valence-corrected chi connectivity index (χ4v) is 4.09. The standard InChI is InChI=1S/C13H22N2O3S/c1-2-7-18-11(16)6-4-3-5-10-12-9(8-19-10)14-13(17)15-12/h9-10,12H,2-8H2,1H3,(H2,14,15,17)/t9-,10-,12+/m0/s1. The molecule has 3 atom stereocenters. The molecule has 2 amide bonds. The highest BCUT2D eigenvalue weighted by molar-refractivity contribution is 8.00. The molecule has 0 aromatic carbocycles. The predicted octanol–water partition coefficient (Wildman–Crippen LogP) is 1.67. The first-order valence-corrected chi connectivity index (χ1v) is 8.10. The highest BCUT2D eigenvalue weighted by atomic mass is 32.2. The molecule has 0 spiro atoms. The summed E-state index contributed by atoms with van der Waals surface area (Å²) in [6.45, 7) is 2.52. The molecule has 2 N–H and O–H groups in total. The number of unbranched alkanes of at least 4 members (excludes halogenated alkanes) is 1. The van der Waals surface area contributed by atoms with Gasteiger partial charge in [-0.1, -0.05) is 13.3 Å². The van der Waals surface area contributed by atoms with E-state index in [-0.39, 0.29) is 24.1 Å². The maximum atomic E-state index is 11.3. The Morgan fingerprint density at radius 1 is 1.42 bits per heavy atom. The van der Waals surface area contributed by atoms with Gasteiger partial charge in [0.15, 0.2) is 0 Å². The first-order chi connectivity index (χ1) is 9.20. The molecule has 108 valence electrons. The van der Waals surface area contributed by atoms with Crippen LogP contribution < -0.4 is 10.6 Å². The van der Waals surface area contributed by atoms with Gasteiger partial charge in [0.05, 0.1) is 18.7 Å². The van der Waals surface area contributed by atoms with Crippen LogP contribution in [-0.4, -0.2) is 41.7 Å². The van der Waals surface area contributed by atoms with Gasteiger partial charge in [0.2, 0.25) is 0 Å². The van der Waals surface area contributed by atoms with Gasteiger partial charge in [0.25, 0.3) is 0 Å². The molecule has 2 heterocycles. The van der Waals surface area contributed by atoms with Crippen molar-refractivity contribution in [1.29, 1.82) is 0 Å². The second kappa shape index (κ2) is 7.03. The van der Waals surface area contributed by atoms with E-state index in [0.29, 0.717) is 18.3 Å². The van der Waals surface area contributed by atoms with Crippen LogP contribution in [0.1, 0.15) is 39.0 Å². The lowest BCUT2D eigenvalue weighted by molar-refractivity contribution is -0.143. The largest absolute Gasteiger partial charge is 0.466 e. The van der Waals surface area contributed by atoms with Gasteiger partial charge in [-0.15, -0.1) is 0 Å². The van der Waals surface area contributed by atoms with Crippen LogP contribution in [0.5, 0.6) is 0 Å². The summed E-state index contributed by atoms with van der Waals surface area (Å²) in [6, 6.07) is 0.519. The Hall–Kier alpha value is -0.910. The molecule has 2 rings (SSSR count). The number of rotatable bonds is 7. The Balaban J connectivity index is 1.59. The highest BCUT2D eigenvalue weighted by Crippen LogP contribution is 2.33. The number of thioether (sulfide) groups is 1. The zero-order valence-electron chi connectivity index (χ0n) is 11.3. The molecule has 0 saturated carbocycles. The maximum absolute atomic E-state index is 11.3. The number of amides is 2. The average molecular weight is 286 g/mol. The summed E-state index contributed by atoms with van der Waals surface area (Å²) in [6.07, 6.45) is 4.32. The average Bonchev–Trinajstić information content (AvgIpc) is 2.92. The van der Waals surface area contributed by atoms with E-state index in [4.69, 9.17) is 4.74 Å². The third-order valence-electron chi connectivity index (χ3n) is 3.52. The number of fused-ring (bicyclic) bond motifs is 1. The second-order valence-electron chi connectivity index (χ2n) is 5.09. The maximum Gasteiger partial charge on any atom is 0.315 e. The van der Waals surface area contributed by atoms with Crippen molar-refractivity contribution in [2.75, 3.05) is 12.4 Å². The van der Waals surface area contributed by atoms with Crippen LogP contribution >= 0.6 is 11.8 Å². The van der Waals surface area contributed by atoms with Gasteiger partial charge in [-0.2, -0.15) is 11.8 Å². The summed E-state index contributed by atoms with van der Waals surface area (Å²) in [7, 11) is 0. The first kappa shape index (κ1) is 14.5. The molecule has 6 heteroatoms. The van der Waals surface area contributed by atoms with E-state index in [9.17, 15) is 9.59 Å². The lowest BCUT2D eigenvalue weighted by Crippen LogP contribution is -2.36. The Labute approximate surface area is 118 Å². The van der Waals surface area contributed by atoms with E-state index < -0.39 is 0 Å². The number of esters is 1. The number of ether oxygens (including phenoxy) is 1. The van der Waals surface area contributed by atoms with E-state index in [0.717, 1.165) is 31.4 Å². The van der Waals surface area contributed by atoms with Gasteiger partial charge in [-0.3, -0.25) is 4.79 Å². The number of carbonyl (C=O) groups excluding carboxylic acids is 2. The highest BCUT2D eigenvalue weighted by Gasteiger charge is 2.42. The summed E-state index contributed by atoms with van der Waals surface area (Å²) >= 11 is 1.92. The smallest absolute Gasteiger partial charge is 0.315 e. The van der Waals surface area contributed by atoms with Gasteiger partial charge >= 0.3 is 12.0 Å². The fraction of sp³-hybridized carbons (Fsp3) is 0.846. The molecule has 19 heavy (non-hydrogen) atoms. The fourth-order valence-electron chi connectivity index (χ4n) is 2.55. The van der Waals surface area contributed by atoms with Gasteiger partial charge in [-0.05, 0) is 19.3 Å². The van der Waals surface area contributed by atoms with Gasteiger partial charge in [0, 0.05) is 17.4 Å². The SMILES string of the molecule is CCCOC(=O)CCCC[C@@H]1SC[C@@H]2NC(=O)N[C@H]21.